The van der Waals surface area contributed by atoms with E-state index >= 15 is 0 Å². The van der Waals surface area contributed by atoms with Gasteiger partial charge in [0.05, 0.1) is 17.2 Å². The molecule has 30 heavy (non-hydrogen) atoms. The first-order valence-corrected chi connectivity index (χ1v) is 9.96. The van der Waals surface area contributed by atoms with E-state index in [1.54, 1.807) is 38.4 Å². The fourth-order valence-corrected chi connectivity index (χ4v) is 3.83. The molecule has 0 aromatic heterocycles. The van der Waals surface area contributed by atoms with E-state index in [4.69, 9.17) is 0 Å². The third-order valence-electron chi connectivity index (χ3n) is 5.71. The van der Waals surface area contributed by atoms with E-state index in [1.807, 2.05) is 24.0 Å². The summed E-state index contributed by atoms with van der Waals surface area (Å²) in [5, 5.41) is 9.32. The van der Waals surface area contributed by atoms with Crippen LogP contribution in [0.1, 0.15) is 66.5 Å². The predicted octanol–water partition coefficient (Wildman–Crippen LogP) is 3.40. The standard InChI is InChI=1S/C24H25N3O3/c1-16-4-5-19(12-21(16)15-28)23(29)27-10-8-17(9-11-27)18-6-7-20(14-25)22(13-18)24(30)26(2)3/h4-7,12-13,15,17H,8-11H2,1-3H3. The number of likely N-dealkylation sites (tertiary alicyclic amines) is 1. The van der Waals surface area contributed by atoms with Gasteiger partial charge in [0.15, 0.2) is 0 Å². The van der Waals surface area contributed by atoms with Crippen molar-refractivity contribution in [3.63, 3.8) is 0 Å². The average Bonchev–Trinajstić information content (AvgIpc) is 2.78. The first-order valence-electron chi connectivity index (χ1n) is 9.96. The van der Waals surface area contributed by atoms with Crippen LogP contribution >= 0.6 is 0 Å². The van der Waals surface area contributed by atoms with Crippen molar-refractivity contribution in [3.05, 3.63) is 69.8 Å². The Morgan fingerprint density at radius 1 is 1.13 bits per heavy atom. The number of nitrogens with zero attached hydrogens (tertiary/aromatic N) is 3. The average molecular weight is 403 g/mol. The largest absolute Gasteiger partial charge is 0.345 e. The van der Waals surface area contributed by atoms with Crippen molar-refractivity contribution in [3.8, 4) is 6.07 Å². The van der Waals surface area contributed by atoms with Crippen molar-refractivity contribution in [2.75, 3.05) is 27.2 Å². The Hall–Kier alpha value is -3.46. The van der Waals surface area contributed by atoms with Gasteiger partial charge < -0.3 is 9.80 Å². The summed E-state index contributed by atoms with van der Waals surface area (Å²) in [6.45, 7) is 3.05. The SMILES string of the molecule is Cc1ccc(C(=O)N2CCC(c3ccc(C#N)c(C(=O)N(C)C)c3)CC2)cc1C=O. The van der Waals surface area contributed by atoms with Crippen LogP contribution in [0, 0.1) is 18.3 Å². The molecule has 0 saturated carbocycles. The van der Waals surface area contributed by atoms with Gasteiger partial charge in [-0.2, -0.15) is 5.26 Å². The molecule has 0 atom stereocenters. The molecule has 1 aliphatic rings. The number of piperidine rings is 1. The molecule has 0 spiro atoms. The number of nitriles is 1. The molecule has 0 unspecified atom stereocenters. The maximum atomic E-state index is 12.8. The molecule has 6 nitrogen and oxygen atoms in total. The van der Waals surface area contributed by atoms with Gasteiger partial charge in [-0.15, -0.1) is 0 Å². The molecule has 154 valence electrons. The molecule has 3 rings (SSSR count). The molecule has 0 bridgehead atoms. The van der Waals surface area contributed by atoms with Crippen LogP contribution in [0.25, 0.3) is 0 Å². The van der Waals surface area contributed by atoms with E-state index in [9.17, 15) is 19.6 Å². The molecule has 0 radical (unpaired) electrons. The lowest BCUT2D eigenvalue weighted by Crippen LogP contribution is -2.38. The van der Waals surface area contributed by atoms with Crippen LogP contribution in [0.5, 0.6) is 0 Å². The minimum atomic E-state index is -0.189. The summed E-state index contributed by atoms with van der Waals surface area (Å²) in [5.41, 5.74) is 3.72. The monoisotopic (exact) mass is 403 g/mol. The number of carbonyl (C=O) groups excluding carboxylic acids is 3. The molecule has 1 aliphatic heterocycles. The second kappa shape index (κ2) is 8.91. The molecular formula is C24H25N3O3. The highest BCUT2D eigenvalue weighted by Gasteiger charge is 2.26. The van der Waals surface area contributed by atoms with Gasteiger partial charge in [-0.25, -0.2) is 0 Å². The molecule has 0 N–H and O–H groups in total. The lowest BCUT2D eigenvalue weighted by atomic mass is 9.87. The quantitative estimate of drug-likeness (QED) is 0.733. The normalized spacial score (nSPS) is 14.1. The second-order valence-electron chi connectivity index (χ2n) is 7.87. The van der Waals surface area contributed by atoms with Crippen LogP contribution in [0.15, 0.2) is 36.4 Å². The zero-order valence-corrected chi connectivity index (χ0v) is 17.5. The van der Waals surface area contributed by atoms with Crippen molar-refractivity contribution in [2.24, 2.45) is 0 Å². The van der Waals surface area contributed by atoms with Gasteiger partial charge in [0.2, 0.25) is 0 Å². The van der Waals surface area contributed by atoms with Crippen LogP contribution < -0.4 is 0 Å². The van der Waals surface area contributed by atoms with E-state index in [0.717, 1.165) is 30.3 Å². The molecule has 1 saturated heterocycles. The van der Waals surface area contributed by atoms with Crippen molar-refractivity contribution in [1.82, 2.24) is 9.80 Å². The fourth-order valence-electron chi connectivity index (χ4n) is 3.83. The van der Waals surface area contributed by atoms with Crippen molar-refractivity contribution in [1.29, 1.82) is 5.26 Å². The summed E-state index contributed by atoms with van der Waals surface area (Å²) in [5.74, 6) is -0.0368. The van der Waals surface area contributed by atoms with Crippen molar-refractivity contribution >= 4 is 18.1 Å². The highest BCUT2D eigenvalue weighted by molar-refractivity contribution is 5.97. The molecule has 2 aromatic rings. The number of amides is 2. The lowest BCUT2D eigenvalue weighted by Gasteiger charge is -2.32. The van der Waals surface area contributed by atoms with Gasteiger partial charge in [-0.3, -0.25) is 14.4 Å². The Morgan fingerprint density at radius 3 is 2.43 bits per heavy atom. The van der Waals surface area contributed by atoms with Gasteiger partial charge in [-0.1, -0.05) is 12.1 Å². The first kappa shape index (κ1) is 21.3. The zero-order chi connectivity index (χ0) is 21.8. The number of carbonyl (C=O) groups is 3. The third-order valence-corrected chi connectivity index (χ3v) is 5.71. The maximum absolute atomic E-state index is 12.8. The van der Waals surface area contributed by atoms with E-state index in [2.05, 4.69) is 6.07 Å². The van der Waals surface area contributed by atoms with Crippen LogP contribution in [0.2, 0.25) is 0 Å². The number of aryl methyl sites for hydroxylation is 1. The van der Waals surface area contributed by atoms with Gasteiger partial charge in [0.1, 0.15) is 6.29 Å². The van der Waals surface area contributed by atoms with Crippen molar-refractivity contribution < 1.29 is 14.4 Å². The number of aldehydes is 1. The van der Waals surface area contributed by atoms with Crippen LogP contribution in [0.3, 0.4) is 0 Å². The van der Waals surface area contributed by atoms with Crippen LogP contribution in [-0.4, -0.2) is 55.1 Å². The highest BCUT2D eigenvalue weighted by Crippen LogP contribution is 2.30. The minimum Gasteiger partial charge on any atom is -0.345 e. The Kier molecular flexibility index (Phi) is 6.31. The summed E-state index contributed by atoms with van der Waals surface area (Å²) in [6.07, 6.45) is 2.33. The van der Waals surface area contributed by atoms with E-state index in [1.165, 1.54) is 4.90 Å². The fraction of sp³-hybridized carbons (Fsp3) is 0.333. The smallest absolute Gasteiger partial charge is 0.254 e. The van der Waals surface area contributed by atoms with Gasteiger partial charge in [-0.05, 0) is 61.1 Å². The molecule has 0 aliphatic carbocycles. The first-order chi connectivity index (χ1) is 14.3. The van der Waals surface area contributed by atoms with Gasteiger partial charge in [0, 0.05) is 38.3 Å². The second-order valence-corrected chi connectivity index (χ2v) is 7.87. The Labute approximate surface area is 176 Å². The molecule has 6 heteroatoms. The summed E-state index contributed by atoms with van der Waals surface area (Å²) < 4.78 is 0. The van der Waals surface area contributed by atoms with Gasteiger partial charge in [0.25, 0.3) is 11.8 Å². The summed E-state index contributed by atoms with van der Waals surface area (Å²) in [7, 11) is 3.34. The maximum Gasteiger partial charge on any atom is 0.254 e. The van der Waals surface area contributed by atoms with E-state index < -0.39 is 0 Å². The zero-order valence-electron chi connectivity index (χ0n) is 17.5. The summed E-state index contributed by atoms with van der Waals surface area (Å²) in [4.78, 5) is 39.7. The molecule has 2 amide bonds. The molecule has 1 heterocycles. The van der Waals surface area contributed by atoms with E-state index in [0.29, 0.717) is 35.3 Å². The Bertz CT molecular complexity index is 1030. The van der Waals surface area contributed by atoms with Gasteiger partial charge >= 0.3 is 0 Å². The minimum absolute atomic E-state index is 0.0696. The number of rotatable bonds is 4. The number of hydrogen-bond acceptors (Lipinski definition) is 4. The van der Waals surface area contributed by atoms with Crippen LogP contribution in [-0.2, 0) is 0 Å². The van der Waals surface area contributed by atoms with Crippen LogP contribution in [0.4, 0.5) is 0 Å². The van der Waals surface area contributed by atoms with Crippen molar-refractivity contribution in [2.45, 2.75) is 25.7 Å². The number of benzene rings is 2. The molecule has 1 fully saturated rings. The number of hydrogen-bond donors (Lipinski definition) is 0. The third kappa shape index (κ3) is 4.25. The Balaban J connectivity index is 1.73. The lowest BCUT2D eigenvalue weighted by molar-refractivity contribution is 0.0713. The predicted molar refractivity (Wildman–Crippen MR) is 114 cm³/mol. The topological polar surface area (TPSA) is 81.5 Å². The molecular weight excluding hydrogens is 378 g/mol. The Morgan fingerprint density at radius 2 is 1.83 bits per heavy atom. The van der Waals surface area contributed by atoms with E-state index in [-0.39, 0.29) is 17.7 Å². The summed E-state index contributed by atoms with van der Waals surface area (Å²) in [6, 6.07) is 12.7. The highest BCUT2D eigenvalue weighted by atomic mass is 16.2. The molecule has 2 aromatic carbocycles. The summed E-state index contributed by atoms with van der Waals surface area (Å²) >= 11 is 0.